The minimum absolute atomic E-state index is 0.0915. The molecule has 0 saturated heterocycles. The van der Waals surface area contributed by atoms with Crippen LogP contribution in [0.3, 0.4) is 0 Å². The quantitative estimate of drug-likeness (QED) is 0.749. The van der Waals surface area contributed by atoms with Crippen molar-refractivity contribution in [3.63, 3.8) is 0 Å². The first-order chi connectivity index (χ1) is 9.67. The summed E-state index contributed by atoms with van der Waals surface area (Å²) in [6, 6.07) is 13.1. The van der Waals surface area contributed by atoms with E-state index < -0.39 is 0 Å². The van der Waals surface area contributed by atoms with Crippen LogP contribution in [-0.4, -0.2) is 7.05 Å². The average molecular weight is 289 g/mol. The minimum atomic E-state index is -0.255. The van der Waals surface area contributed by atoms with Crippen LogP contribution in [0, 0.1) is 11.6 Å². The first kappa shape index (κ1) is 13.2. The fourth-order valence-corrected chi connectivity index (χ4v) is 3.52. The Hall–Kier alpha value is -1.78. The molecule has 1 aromatic heterocycles. The zero-order valence-corrected chi connectivity index (χ0v) is 11.7. The van der Waals surface area contributed by atoms with Gasteiger partial charge in [-0.25, -0.2) is 8.78 Å². The van der Waals surface area contributed by atoms with Gasteiger partial charge in [0.25, 0.3) is 0 Å². The second-order valence-corrected chi connectivity index (χ2v) is 5.72. The highest BCUT2D eigenvalue weighted by molar-refractivity contribution is 7.19. The molecule has 2 aromatic carbocycles. The van der Waals surface area contributed by atoms with Gasteiger partial charge in [0.1, 0.15) is 11.6 Å². The van der Waals surface area contributed by atoms with Crippen LogP contribution in [0.25, 0.3) is 10.1 Å². The molecule has 3 aromatic rings. The number of halogens is 2. The first-order valence-electron chi connectivity index (χ1n) is 6.29. The average Bonchev–Trinajstić information content (AvgIpc) is 2.82. The summed E-state index contributed by atoms with van der Waals surface area (Å²) in [6.07, 6.45) is 0. The van der Waals surface area contributed by atoms with Crippen molar-refractivity contribution in [2.45, 2.75) is 6.04 Å². The second kappa shape index (κ2) is 5.31. The fraction of sp³-hybridized carbons (Fsp3) is 0.125. The van der Waals surface area contributed by atoms with Crippen LogP contribution in [0.1, 0.15) is 16.5 Å². The number of thiophene rings is 1. The van der Waals surface area contributed by atoms with E-state index in [4.69, 9.17) is 0 Å². The Balaban J connectivity index is 2.07. The maximum absolute atomic E-state index is 13.4. The summed E-state index contributed by atoms with van der Waals surface area (Å²) in [5.74, 6) is -0.497. The van der Waals surface area contributed by atoms with Crippen molar-refractivity contribution in [2.75, 3.05) is 7.05 Å². The largest absolute Gasteiger partial charge is 0.309 e. The van der Waals surface area contributed by atoms with E-state index >= 15 is 0 Å². The Labute approximate surface area is 119 Å². The van der Waals surface area contributed by atoms with Crippen molar-refractivity contribution in [2.24, 2.45) is 0 Å². The van der Waals surface area contributed by atoms with Gasteiger partial charge in [0.05, 0.1) is 6.04 Å². The third kappa shape index (κ3) is 2.44. The maximum atomic E-state index is 13.4. The summed E-state index contributed by atoms with van der Waals surface area (Å²) in [5.41, 5.74) is 0.861. The van der Waals surface area contributed by atoms with E-state index in [0.29, 0.717) is 0 Å². The van der Waals surface area contributed by atoms with Crippen LogP contribution in [0.15, 0.2) is 48.5 Å². The van der Waals surface area contributed by atoms with E-state index in [1.54, 1.807) is 23.5 Å². The lowest BCUT2D eigenvalue weighted by Crippen LogP contribution is -2.16. The van der Waals surface area contributed by atoms with Crippen LogP contribution < -0.4 is 5.32 Å². The molecule has 1 heterocycles. The molecule has 0 spiro atoms. The highest BCUT2D eigenvalue weighted by Crippen LogP contribution is 2.33. The maximum Gasteiger partial charge on any atom is 0.123 e. The molecule has 0 saturated carbocycles. The van der Waals surface area contributed by atoms with E-state index in [-0.39, 0.29) is 17.7 Å². The molecule has 3 rings (SSSR count). The summed E-state index contributed by atoms with van der Waals surface area (Å²) >= 11 is 1.59. The molecule has 4 heteroatoms. The monoisotopic (exact) mass is 289 g/mol. The summed E-state index contributed by atoms with van der Waals surface area (Å²) in [7, 11) is 1.83. The van der Waals surface area contributed by atoms with Gasteiger partial charge in [0, 0.05) is 9.58 Å². The van der Waals surface area contributed by atoms with Crippen molar-refractivity contribution in [3.8, 4) is 0 Å². The number of fused-ring (bicyclic) bond motifs is 1. The zero-order valence-electron chi connectivity index (χ0n) is 10.9. The molecule has 1 atom stereocenters. The number of nitrogens with one attached hydrogen (secondary N) is 1. The molecule has 0 radical (unpaired) electrons. The fourth-order valence-electron chi connectivity index (χ4n) is 2.34. The Bertz CT molecular complexity index is 751. The lowest BCUT2D eigenvalue weighted by Gasteiger charge is -2.14. The highest BCUT2D eigenvalue weighted by Gasteiger charge is 2.15. The zero-order chi connectivity index (χ0) is 14.1. The van der Waals surface area contributed by atoms with Gasteiger partial charge in [0.2, 0.25) is 0 Å². The molecule has 0 bridgehead atoms. The molecule has 0 fully saturated rings. The Morgan fingerprint density at radius 1 is 1.00 bits per heavy atom. The third-order valence-corrected chi connectivity index (χ3v) is 4.43. The third-order valence-electron chi connectivity index (χ3n) is 3.25. The number of hydrogen-bond donors (Lipinski definition) is 1. The van der Waals surface area contributed by atoms with Crippen LogP contribution in [-0.2, 0) is 0 Å². The molecule has 20 heavy (non-hydrogen) atoms. The van der Waals surface area contributed by atoms with Gasteiger partial charge in [-0.1, -0.05) is 12.1 Å². The van der Waals surface area contributed by atoms with Crippen molar-refractivity contribution in [1.82, 2.24) is 5.32 Å². The topological polar surface area (TPSA) is 12.0 Å². The van der Waals surface area contributed by atoms with Crippen LogP contribution in [0.2, 0.25) is 0 Å². The molecule has 0 aliphatic rings. The van der Waals surface area contributed by atoms with Crippen molar-refractivity contribution < 1.29 is 8.78 Å². The van der Waals surface area contributed by atoms with Gasteiger partial charge >= 0.3 is 0 Å². The van der Waals surface area contributed by atoms with Crippen molar-refractivity contribution in [1.29, 1.82) is 0 Å². The van der Waals surface area contributed by atoms with Crippen LogP contribution in [0.4, 0.5) is 8.78 Å². The van der Waals surface area contributed by atoms with E-state index in [1.165, 1.54) is 24.3 Å². The van der Waals surface area contributed by atoms with E-state index in [0.717, 1.165) is 20.5 Å². The molecule has 102 valence electrons. The van der Waals surface area contributed by atoms with Gasteiger partial charge in [0.15, 0.2) is 0 Å². The molecule has 0 amide bonds. The van der Waals surface area contributed by atoms with Crippen LogP contribution in [0.5, 0.6) is 0 Å². The molecular weight excluding hydrogens is 276 g/mol. The highest BCUT2D eigenvalue weighted by atomic mass is 32.1. The summed E-state index contributed by atoms with van der Waals surface area (Å²) in [5, 5.41) is 4.06. The summed E-state index contributed by atoms with van der Waals surface area (Å²) in [4.78, 5) is 1.04. The Morgan fingerprint density at radius 3 is 2.55 bits per heavy atom. The van der Waals surface area contributed by atoms with E-state index in [2.05, 4.69) is 5.32 Å². The molecular formula is C16H13F2NS. The Morgan fingerprint density at radius 2 is 1.80 bits per heavy atom. The number of hydrogen-bond acceptors (Lipinski definition) is 2. The standard InChI is InChI=1S/C16H13F2NS/c1-19-16(10-3-2-4-12(17)7-10)15-9-11-8-13(18)5-6-14(11)20-15/h2-9,16,19H,1H3. The van der Waals surface area contributed by atoms with Gasteiger partial charge in [-0.05, 0) is 54.4 Å². The summed E-state index contributed by atoms with van der Waals surface area (Å²) < 4.78 is 27.6. The minimum Gasteiger partial charge on any atom is -0.309 e. The van der Waals surface area contributed by atoms with Gasteiger partial charge in [-0.2, -0.15) is 0 Å². The molecule has 0 aliphatic carbocycles. The number of benzene rings is 2. The smallest absolute Gasteiger partial charge is 0.123 e. The molecule has 0 aliphatic heterocycles. The molecule has 1 unspecified atom stereocenters. The van der Waals surface area contributed by atoms with Gasteiger partial charge < -0.3 is 5.32 Å². The lowest BCUT2D eigenvalue weighted by atomic mass is 10.0. The normalized spacial score (nSPS) is 12.8. The van der Waals surface area contributed by atoms with E-state index in [1.807, 2.05) is 19.2 Å². The predicted molar refractivity (Wildman–Crippen MR) is 79.1 cm³/mol. The summed E-state index contributed by atoms with van der Waals surface area (Å²) in [6.45, 7) is 0. The number of rotatable bonds is 3. The first-order valence-corrected chi connectivity index (χ1v) is 7.11. The van der Waals surface area contributed by atoms with Gasteiger partial charge in [-0.3, -0.25) is 0 Å². The van der Waals surface area contributed by atoms with Crippen molar-refractivity contribution >= 4 is 21.4 Å². The van der Waals surface area contributed by atoms with Crippen LogP contribution >= 0.6 is 11.3 Å². The second-order valence-electron chi connectivity index (χ2n) is 4.61. The predicted octanol–water partition coefficient (Wildman–Crippen LogP) is 4.49. The molecule has 1 N–H and O–H groups in total. The molecule has 1 nitrogen and oxygen atoms in total. The van der Waals surface area contributed by atoms with E-state index in [9.17, 15) is 8.78 Å². The lowest BCUT2D eigenvalue weighted by molar-refractivity contribution is 0.618. The SMILES string of the molecule is CNC(c1cccc(F)c1)c1cc2cc(F)ccc2s1. The Kier molecular flexibility index (Phi) is 3.51. The van der Waals surface area contributed by atoms with Crippen molar-refractivity contribution in [3.05, 3.63) is 70.6 Å². The van der Waals surface area contributed by atoms with Gasteiger partial charge in [-0.15, -0.1) is 11.3 Å².